The zero-order valence-electron chi connectivity index (χ0n) is 12.9. The highest BCUT2D eigenvalue weighted by Gasteiger charge is 2.12. The van der Waals surface area contributed by atoms with Gasteiger partial charge in [-0.25, -0.2) is 4.39 Å². The summed E-state index contributed by atoms with van der Waals surface area (Å²) < 4.78 is 23.9. The first-order valence-electron chi connectivity index (χ1n) is 6.81. The first-order valence-corrected chi connectivity index (χ1v) is 7.56. The van der Waals surface area contributed by atoms with E-state index in [9.17, 15) is 9.18 Å². The molecule has 7 heteroatoms. The van der Waals surface area contributed by atoms with Gasteiger partial charge in [0.2, 0.25) is 5.91 Å². The van der Waals surface area contributed by atoms with Crippen LogP contribution < -0.4 is 14.8 Å². The summed E-state index contributed by atoms with van der Waals surface area (Å²) in [7, 11) is 2.92. The molecular weight excluding hydrogens is 356 g/mol. The van der Waals surface area contributed by atoms with Crippen molar-refractivity contribution < 1.29 is 18.7 Å². The highest BCUT2D eigenvalue weighted by atomic mass is 35.5. The average Bonchev–Trinajstić information content (AvgIpc) is 2.54. The minimum atomic E-state index is -0.517. The lowest BCUT2D eigenvalue weighted by molar-refractivity contribution is -0.111. The van der Waals surface area contributed by atoms with Crippen LogP contribution in [0.25, 0.3) is 6.08 Å². The summed E-state index contributed by atoms with van der Waals surface area (Å²) in [6.45, 7) is 0. The van der Waals surface area contributed by atoms with Crippen LogP contribution in [-0.4, -0.2) is 20.1 Å². The fraction of sp³-hybridized carbons (Fsp3) is 0.118. The number of carbonyl (C=O) groups excluding carboxylic acids is 1. The zero-order valence-corrected chi connectivity index (χ0v) is 14.4. The number of ether oxygens (including phenoxy) is 2. The molecule has 2 rings (SSSR count). The summed E-state index contributed by atoms with van der Waals surface area (Å²) >= 11 is 11.9. The predicted octanol–water partition coefficient (Wildman–Crippen LogP) is 4.80. The van der Waals surface area contributed by atoms with Crippen molar-refractivity contribution in [3.8, 4) is 11.5 Å². The highest BCUT2D eigenvalue weighted by Crippen LogP contribution is 2.35. The van der Waals surface area contributed by atoms with Crippen LogP contribution in [0, 0.1) is 5.82 Å². The number of anilines is 1. The van der Waals surface area contributed by atoms with Gasteiger partial charge >= 0.3 is 0 Å². The molecule has 0 fully saturated rings. The monoisotopic (exact) mass is 369 g/mol. The van der Waals surface area contributed by atoms with Gasteiger partial charge in [0.05, 0.1) is 30.0 Å². The third kappa shape index (κ3) is 4.19. The lowest BCUT2D eigenvalue weighted by Gasteiger charge is -2.12. The molecule has 24 heavy (non-hydrogen) atoms. The fourth-order valence-corrected chi connectivity index (χ4v) is 2.43. The van der Waals surface area contributed by atoms with Gasteiger partial charge in [-0.15, -0.1) is 0 Å². The van der Waals surface area contributed by atoms with Gasteiger partial charge in [-0.3, -0.25) is 4.79 Å². The Kier molecular flexibility index (Phi) is 6.06. The zero-order chi connectivity index (χ0) is 17.7. The maximum atomic E-state index is 13.7. The molecule has 0 atom stereocenters. The molecule has 2 aromatic carbocycles. The quantitative estimate of drug-likeness (QED) is 0.769. The molecule has 0 aliphatic carbocycles. The summed E-state index contributed by atoms with van der Waals surface area (Å²) in [5.41, 5.74) is 0.492. The van der Waals surface area contributed by atoms with E-state index < -0.39 is 11.7 Å². The van der Waals surface area contributed by atoms with E-state index in [1.54, 1.807) is 6.07 Å². The van der Waals surface area contributed by atoms with E-state index in [0.717, 1.165) is 0 Å². The molecule has 0 aliphatic heterocycles. The molecule has 4 nitrogen and oxygen atoms in total. The molecule has 0 aliphatic rings. The number of halogens is 3. The normalized spacial score (nSPS) is 10.7. The molecule has 0 radical (unpaired) electrons. The van der Waals surface area contributed by atoms with Crippen LogP contribution in [0.1, 0.15) is 5.56 Å². The number of amides is 1. The molecule has 0 bridgehead atoms. The summed E-state index contributed by atoms with van der Waals surface area (Å²) in [4.78, 5) is 12.0. The molecule has 1 amide bonds. The first kappa shape index (κ1) is 18.1. The van der Waals surface area contributed by atoms with E-state index in [1.807, 2.05) is 0 Å². The molecular formula is C17H14Cl2FNO3. The number of hydrogen-bond acceptors (Lipinski definition) is 3. The molecule has 0 unspecified atom stereocenters. The molecule has 2 aromatic rings. The molecule has 0 aromatic heterocycles. The van der Waals surface area contributed by atoms with Crippen molar-refractivity contribution in [1.82, 2.24) is 0 Å². The van der Waals surface area contributed by atoms with Gasteiger partial charge in [0.25, 0.3) is 0 Å². The highest BCUT2D eigenvalue weighted by molar-refractivity contribution is 6.32. The van der Waals surface area contributed by atoms with Crippen molar-refractivity contribution in [2.75, 3.05) is 19.5 Å². The number of nitrogens with one attached hydrogen (secondary N) is 1. The predicted molar refractivity (Wildman–Crippen MR) is 93.6 cm³/mol. The maximum absolute atomic E-state index is 13.7. The van der Waals surface area contributed by atoms with Gasteiger partial charge in [0.15, 0.2) is 0 Å². The Morgan fingerprint density at radius 2 is 1.83 bits per heavy atom. The van der Waals surface area contributed by atoms with Gasteiger partial charge in [-0.2, -0.15) is 0 Å². The first-order chi connectivity index (χ1) is 11.5. The lowest BCUT2D eigenvalue weighted by Crippen LogP contribution is -2.09. The van der Waals surface area contributed by atoms with E-state index in [2.05, 4.69) is 5.32 Å². The van der Waals surface area contributed by atoms with Gasteiger partial charge in [0.1, 0.15) is 17.3 Å². The van der Waals surface area contributed by atoms with Crippen LogP contribution in [-0.2, 0) is 4.79 Å². The third-order valence-corrected chi connectivity index (χ3v) is 3.76. The Bertz CT molecular complexity index is 773. The minimum absolute atomic E-state index is 0.133. The maximum Gasteiger partial charge on any atom is 0.248 e. The molecule has 0 spiro atoms. The Morgan fingerprint density at radius 1 is 1.12 bits per heavy atom. The number of rotatable bonds is 5. The number of carbonyl (C=O) groups is 1. The van der Waals surface area contributed by atoms with Crippen LogP contribution in [0.5, 0.6) is 11.5 Å². The smallest absolute Gasteiger partial charge is 0.248 e. The molecule has 1 N–H and O–H groups in total. The van der Waals surface area contributed by atoms with Crippen LogP contribution >= 0.6 is 23.2 Å². The van der Waals surface area contributed by atoms with Crippen molar-refractivity contribution in [2.45, 2.75) is 0 Å². The van der Waals surface area contributed by atoms with Crippen molar-refractivity contribution >= 4 is 40.9 Å². The average molecular weight is 370 g/mol. The lowest BCUT2D eigenvalue weighted by atomic mass is 10.2. The van der Waals surface area contributed by atoms with E-state index >= 15 is 0 Å². The number of methoxy groups -OCH3 is 2. The van der Waals surface area contributed by atoms with E-state index in [-0.39, 0.29) is 10.6 Å². The van der Waals surface area contributed by atoms with E-state index in [1.165, 1.54) is 50.6 Å². The summed E-state index contributed by atoms with van der Waals surface area (Å²) in [6, 6.07) is 7.33. The molecule has 0 saturated carbocycles. The number of benzene rings is 2. The summed E-state index contributed by atoms with van der Waals surface area (Å²) in [6.07, 6.45) is 2.46. The fourth-order valence-electron chi connectivity index (χ4n) is 1.96. The third-order valence-electron chi connectivity index (χ3n) is 3.13. The Morgan fingerprint density at radius 3 is 2.46 bits per heavy atom. The largest absolute Gasteiger partial charge is 0.495 e. The van der Waals surface area contributed by atoms with Crippen LogP contribution in [0.3, 0.4) is 0 Å². The minimum Gasteiger partial charge on any atom is -0.495 e. The second kappa shape index (κ2) is 8.04. The Balaban J connectivity index is 2.21. The van der Waals surface area contributed by atoms with Crippen LogP contribution in [0.15, 0.2) is 36.4 Å². The standard InChI is InChI=1S/C17H14Cl2FNO3/c1-23-15-9-16(24-2)14(8-12(15)19)21-17(22)7-6-10-11(18)4-3-5-13(10)20/h3-9H,1-2H3,(H,21,22)/b7-6+. The van der Waals surface area contributed by atoms with Crippen molar-refractivity contribution in [3.05, 3.63) is 57.8 Å². The molecule has 0 saturated heterocycles. The van der Waals surface area contributed by atoms with Crippen molar-refractivity contribution in [1.29, 1.82) is 0 Å². The van der Waals surface area contributed by atoms with Gasteiger partial charge in [0, 0.05) is 17.7 Å². The van der Waals surface area contributed by atoms with Crippen LogP contribution in [0.2, 0.25) is 10.0 Å². The van der Waals surface area contributed by atoms with Gasteiger partial charge in [-0.05, 0) is 24.3 Å². The molecule has 0 heterocycles. The topological polar surface area (TPSA) is 47.6 Å². The molecule has 126 valence electrons. The van der Waals surface area contributed by atoms with Gasteiger partial charge < -0.3 is 14.8 Å². The summed E-state index contributed by atoms with van der Waals surface area (Å²) in [5.74, 6) is -0.215. The van der Waals surface area contributed by atoms with E-state index in [4.69, 9.17) is 32.7 Å². The van der Waals surface area contributed by atoms with Crippen molar-refractivity contribution in [2.24, 2.45) is 0 Å². The summed E-state index contributed by atoms with van der Waals surface area (Å²) in [5, 5.41) is 3.13. The second-order valence-corrected chi connectivity index (χ2v) is 5.46. The Hall–Kier alpha value is -2.24. The van der Waals surface area contributed by atoms with E-state index in [0.29, 0.717) is 22.2 Å². The SMILES string of the molecule is COc1cc(OC)c(NC(=O)/C=C/c2c(F)cccc2Cl)cc1Cl. The van der Waals surface area contributed by atoms with Crippen molar-refractivity contribution in [3.63, 3.8) is 0 Å². The van der Waals surface area contributed by atoms with Crippen LogP contribution in [0.4, 0.5) is 10.1 Å². The number of hydrogen-bond donors (Lipinski definition) is 1. The van der Waals surface area contributed by atoms with Gasteiger partial charge in [-0.1, -0.05) is 29.3 Å². The second-order valence-electron chi connectivity index (χ2n) is 4.64. The Labute approximate surface area is 148 Å².